The van der Waals surface area contributed by atoms with E-state index in [1.807, 2.05) is 10.9 Å². The molecule has 0 amide bonds. The zero-order valence-corrected chi connectivity index (χ0v) is 10.2. The summed E-state index contributed by atoms with van der Waals surface area (Å²) in [6, 6.07) is 0. The Morgan fingerprint density at radius 3 is 2.82 bits per heavy atom. The molecule has 0 atom stereocenters. The van der Waals surface area contributed by atoms with Gasteiger partial charge < -0.3 is 10.1 Å². The van der Waals surface area contributed by atoms with E-state index in [-0.39, 0.29) is 0 Å². The lowest BCUT2D eigenvalue weighted by Gasteiger charge is -2.26. The van der Waals surface area contributed by atoms with E-state index < -0.39 is 0 Å². The molecule has 0 aliphatic carbocycles. The van der Waals surface area contributed by atoms with Crippen molar-refractivity contribution in [2.45, 2.75) is 13.0 Å². The Balaban J connectivity index is 1.43. The molecule has 0 spiro atoms. The highest BCUT2D eigenvalue weighted by Crippen LogP contribution is 1.94. The number of nitrogens with one attached hydrogen (secondary N) is 1. The Hall–Kier alpha value is -0.980. The SMILES string of the molecule is c1cn(CCCNCCN2CCOCC2)nn1. The van der Waals surface area contributed by atoms with Gasteiger partial charge in [0.1, 0.15) is 0 Å². The van der Waals surface area contributed by atoms with Gasteiger partial charge in [0.05, 0.1) is 19.4 Å². The number of nitrogens with zero attached hydrogens (tertiary/aromatic N) is 4. The van der Waals surface area contributed by atoms with E-state index in [0.717, 1.165) is 58.9 Å². The summed E-state index contributed by atoms with van der Waals surface area (Å²) in [4.78, 5) is 2.44. The van der Waals surface area contributed by atoms with E-state index in [9.17, 15) is 0 Å². The van der Waals surface area contributed by atoms with Crippen molar-refractivity contribution in [3.63, 3.8) is 0 Å². The molecule has 1 N–H and O–H groups in total. The van der Waals surface area contributed by atoms with Crippen LogP contribution in [0.15, 0.2) is 12.4 Å². The van der Waals surface area contributed by atoms with Crippen molar-refractivity contribution < 1.29 is 4.74 Å². The molecule has 96 valence electrons. The first kappa shape index (κ1) is 12.5. The maximum absolute atomic E-state index is 5.31. The van der Waals surface area contributed by atoms with Gasteiger partial charge >= 0.3 is 0 Å². The van der Waals surface area contributed by atoms with Crippen molar-refractivity contribution in [1.29, 1.82) is 0 Å². The van der Waals surface area contributed by atoms with E-state index >= 15 is 0 Å². The fourth-order valence-corrected chi connectivity index (χ4v) is 1.90. The van der Waals surface area contributed by atoms with Crippen LogP contribution in [-0.4, -0.2) is 65.8 Å². The molecule has 2 heterocycles. The summed E-state index contributed by atoms with van der Waals surface area (Å²) >= 11 is 0. The van der Waals surface area contributed by atoms with E-state index in [1.54, 1.807) is 6.20 Å². The summed E-state index contributed by atoms with van der Waals surface area (Å²) in [6.07, 6.45) is 4.70. The number of morpholine rings is 1. The predicted molar refractivity (Wildman–Crippen MR) is 64.8 cm³/mol. The summed E-state index contributed by atoms with van der Waals surface area (Å²) in [6.45, 7) is 8.04. The van der Waals surface area contributed by atoms with Gasteiger partial charge in [-0.15, -0.1) is 5.10 Å². The third-order valence-corrected chi connectivity index (χ3v) is 2.92. The summed E-state index contributed by atoms with van der Waals surface area (Å²) in [7, 11) is 0. The van der Waals surface area contributed by atoms with Gasteiger partial charge in [-0.25, -0.2) is 0 Å². The molecule has 0 unspecified atom stereocenters. The van der Waals surface area contributed by atoms with Crippen molar-refractivity contribution in [2.24, 2.45) is 0 Å². The number of aromatic nitrogens is 3. The highest BCUT2D eigenvalue weighted by Gasteiger charge is 2.08. The summed E-state index contributed by atoms with van der Waals surface area (Å²) < 4.78 is 7.17. The number of hydrogen-bond acceptors (Lipinski definition) is 5. The fourth-order valence-electron chi connectivity index (χ4n) is 1.90. The molecule has 6 nitrogen and oxygen atoms in total. The van der Waals surface area contributed by atoms with Crippen molar-refractivity contribution in [2.75, 3.05) is 45.9 Å². The maximum Gasteiger partial charge on any atom is 0.0692 e. The number of rotatable bonds is 7. The molecule has 0 radical (unpaired) electrons. The summed E-state index contributed by atoms with van der Waals surface area (Å²) in [5, 5.41) is 11.1. The average Bonchev–Trinajstić information content (AvgIpc) is 2.88. The minimum Gasteiger partial charge on any atom is -0.379 e. The second-order valence-corrected chi connectivity index (χ2v) is 4.22. The molecular formula is C11H21N5O. The van der Waals surface area contributed by atoms with Gasteiger partial charge in [-0.2, -0.15) is 0 Å². The van der Waals surface area contributed by atoms with Crippen LogP contribution in [0, 0.1) is 0 Å². The summed E-state index contributed by atoms with van der Waals surface area (Å²) in [5.74, 6) is 0. The van der Waals surface area contributed by atoms with Crippen LogP contribution >= 0.6 is 0 Å². The number of hydrogen-bond donors (Lipinski definition) is 1. The minimum absolute atomic E-state index is 0.881. The smallest absolute Gasteiger partial charge is 0.0692 e. The number of aryl methyl sites for hydroxylation is 1. The first-order valence-electron chi connectivity index (χ1n) is 6.30. The highest BCUT2D eigenvalue weighted by atomic mass is 16.5. The second-order valence-electron chi connectivity index (χ2n) is 4.22. The largest absolute Gasteiger partial charge is 0.379 e. The normalized spacial score (nSPS) is 17.4. The summed E-state index contributed by atoms with van der Waals surface area (Å²) in [5.41, 5.74) is 0. The van der Waals surface area contributed by atoms with Gasteiger partial charge in [-0.1, -0.05) is 5.21 Å². The van der Waals surface area contributed by atoms with Crippen LogP contribution in [0.3, 0.4) is 0 Å². The molecule has 1 saturated heterocycles. The van der Waals surface area contributed by atoms with Gasteiger partial charge in [0, 0.05) is 38.9 Å². The lowest BCUT2D eigenvalue weighted by atomic mass is 10.4. The van der Waals surface area contributed by atoms with Gasteiger partial charge in [0.15, 0.2) is 0 Å². The van der Waals surface area contributed by atoms with Gasteiger partial charge in [0.25, 0.3) is 0 Å². The van der Waals surface area contributed by atoms with Gasteiger partial charge in [-0.05, 0) is 13.0 Å². The third kappa shape index (κ3) is 4.80. The lowest BCUT2D eigenvalue weighted by molar-refractivity contribution is 0.0384. The van der Waals surface area contributed by atoms with Crippen LogP contribution in [0.5, 0.6) is 0 Å². The van der Waals surface area contributed by atoms with Crippen molar-refractivity contribution >= 4 is 0 Å². The van der Waals surface area contributed by atoms with E-state index in [0.29, 0.717) is 0 Å². The lowest BCUT2D eigenvalue weighted by Crippen LogP contribution is -2.40. The van der Waals surface area contributed by atoms with Crippen molar-refractivity contribution in [3.05, 3.63) is 12.4 Å². The van der Waals surface area contributed by atoms with E-state index in [2.05, 4.69) is 20.5 Å². The topological polar surface area (TPSA) is 55.2 Å². The Bertz CT molecular complexity index is 284. The fraction of sp³-hybridized carbons (Fsp3) is 0.818. The van der Waals surface area contributed by atoms with Crippen molar-refractivity contribution in [3.8, 4) is 0 Å². The minimum atomic E-state index is 0.881. The van der Waals surface area contributed by atoms with Crippen LogP contribution in [0.1, 0.15) is 6.42 Å². The zero-order valence-electron chi connectivity index (χ0n) is 10.2. The first-order valence-corrected chi connectivity index (χ1v) is 6.30. The number of ether oxygens (including phenoxy) is 1. The molecule has 17 heavy (non-hydrogen) atoms. The molecule has 0 saturated carbocycles. The van der Waals surface area contributed by atoms with Gasteiger partial charge in [-0.3, -0.25) is 9.58 Å². The average molecular weight is 239 g/mol. The molecule has 0 aromatic carbocycles. The monoisotopic (exact) mass is 239 g/mol. The molecule has 1 aromatic heterocycles. The van der Waals surface area contributed by atoms with E-state index in [4.69, 9.17) is 4.74 Å². The Kier molecular flexibility index (Phi) is 5.41. The Labute approximate surface area is 102 Å². The van der Waals surface area contributed by atoms with Crippen LogP contribution in [0.25, 0.3) is 0 Å². The molecular weight excluding hydrogens is 218 g/mol. The highest BCUT2D eigenvalue weighted by molar-refractivity contribution is 4.65. The predicted octanol–water partition coefficient (Wildman–Crippen LogP) is -0.410. The zero-order chi connectivity index (χ0) is 11.8. The Morgan fingerprint density at radius 2 is 2.06 bits per heavy atom. The molecule has 1 aliphatic rings. The first-order chi connectivity index (χ1) is 8.45. The molecule has 1 aliphatic heterocycles. The third-order valence-electron chi connectivity index (χ3n) is 2.92. The molecule has 1 fully saturated rings. The molecule has 0 bridgehead atoms. The van der Waals surface area contributed by atoms with Crippen LogP contribution < -0.4 is 5.32 Å². The van der Waals surface area contributed by atoms with Gasteiger partial charge in [0.2, 0.25) is 0 Å². The van der Waals surface area contributed by atoms with E-state index in [1.165, 1.54) is 0 Å². The quantitative estimate of drug-likeness (QED) is 0.656. The van der Waals surface area contributed by atoms with Crippen LogP contribution in [-0.2, 0) is 11.3 Å². The van der Waals surface area contributed by atoms with Crippen molar-refractivity contribution in [1.82, 2.24) is 25.2 Å². The standard InChI is InChI=1S/C11H21N5O/c1(5-16-7-4-13-14-16)2-12-3-6-15-8-10-17-11-9-15/h4,7,12H,1-3,5-6,8-11H2. The maximum atomic E-state index is 5.31. The Morgan fingerprint density at radius 1 is 1.18 bits per heavy atom. The molecule has 6 heteroatoms. The van der Waals surface area contributed by atoms with Crippen LogP contribution in [0.2, 0.25) is 0 Å². The van der Waals surface area contributed by atoms with Crippen LogP contribution in [0.4, 0.5) is 0 Å². The second kappa shape index (κ2) is 7.37. The molecule has 2 rings (SSSR count). The molecule has 1 aromatic rings.